The summed E-state index contributed by atoms with van der Waals surface area (Å²) in [4.78, 5) is 19.4. The van der Waals surface area contributed by atoms with Crippen molar-refractivity contribution in [2.75, 3.05) is 6.54 Å². The largest absolute Gasteiger partial charge is 0.380 e. The number of hydrogen-bond donors (Lipinski definition) is 1. The smallest absolute Gasteiger partial charge is 0.0978 e. The number of nitrogens with one attached hydrogen (secondary N) is 1. The van der Waals surface area contributed by atoms with Crippen LogP contribution in [0.1, 0.15) is 5.69 Å². The van der Waals surface area contributed by atoms with Gasteiger partial charge in [-0.3, -0.25) is 9.97 Å². The third-order valence-corrected chi connectivity index (χ3v) is 8.72. The minimum Gasteiger partial charge on any atom is -0.380 e. The summed E-state index contributed by atoms with van der Waals surface area (Å²) in [6.07, 6.45) is 9.90. The lowest BCUT2D eigenvalue weighted by molar-refractivity contribution is 0.981. The Morgan fingerprint density at radius 1 is 0.522 bits per heavy atom. The molecule has 0 radical (unpaired) electrons. The lowest BCUT2D eigenvalue weighted by atomic mass is 9.92. The van der Waals surface area contributed by atoms with E-state index >= 15 is 0 Å². The second-order valence-corrected chi connectivity index (χ2v) is 11.5. The van der Waals surface area contributed by atoms with Crippen LogP contribution in [-0.4, -0.2) is 26.5 Å². The number of para-hydroxylation sites is 1. The topological polar surface area (TPSA) is 63.6 Å². The number of dihydropyridines is 1. The first kappa shape index (κ1) is 26.2. The molecule has 0 saturated carbocycles. The van der Waals surface area contributed by atoms with Crippen LogP contribution in [-0.2, 0) is 0 Å². The number of aromatic nitrogens is 4. The van der Waals surface area contributed by atoms with E-state index in [1.807, 2.05) is 42.7 Å². The van der Waals surface area contributed by atoms with E-state index in [0.717, 1.165) is 78.7 Å². The average molecular weight is 590 g/mol. The molecule has 0 spiro atoms. The van der Waals surface area contributed by atoms with Gasteiger partial charge >= 0.3 is 0 Å². The van der Waals surface area contributed by atoms with Crippen LogP contribution >= 0.6 is 0 Å². The standard InChI is InChI=1S/C41H27N5/c1-2-10-34-32(9-1)39(33-18-17-26-8-7-21-44-40(26)41(33)46-34)30-16-15-27-22-29(14-13-28(27)23-30)31-24-37(35-11-3-5-19-42-35)45-38(25-31)36-12-4-6-20-43-36/h1-19,21-25,43H,20H2. The van der Waals surface area contributed by atoms with E-state index in [1.165, 1.54) is 16.3 Å². The van der Waals surface area contributed by atoms with Crippen LogP contribution in [0.5, 0.6) is 0 Å². The molecule has 216 valence electrons. The van der Waals surface area contributed by atoms with Gasteiger partial charge in [0.05, 0.1) is 39.3 Å². The number of allylic oxidation sites excluding steroid dienone is 2. The molecule has 5 heterocycles. The summed E-state index contributed by atoms with van der Waals surface area (Å²) in [6.45, 7) is 0.782. The first-order valence-electron chi connectivity index (χ1n) is 15.4. The third-order valence-electron chi connectivity index (χ3n) is 8.72. The quantitative estimate of drug-likeness (QED) is 0.164. The Morgan fingerprint density at radius 3 is 2.20 bits per heavy atom. The van der Waals surface area contributed by atoms with Crippen molar-refractivity contribution >= 4 is 49.2 Å². The second kappa shape index (κ2) is 10.8. The minimum absolute atomic E-state index is 0.782. The highest BCUT2D eigenvalue weighted by Crippen LogP contribution is 2.39. The molecule has 4 aromatic carbocycles. The molecular weight excluding hydrogens is 562 g/mol. The number of pyridine rings is 4. The highest BCUT2D eigenvalue weighted by molar-refractivity contribution is 6.16. The summed E-state index contributed by atoms with van der Waals surface area (Å²) in [5, 5.41) is 9.14. The molecule has 5 heteroatoms. The van der Waals surface area contributed by atoms with Gasteiger partial charge in [0, 0.05) is 40.7 Å². The highest BCUT2D eigenvalue weighted by Gasteiger charge is 2.16. The van der Waals surface area contributed by atoms with Gasteiger partial charge in [-0.2, -0.15) is 0 Å². The van der Waals surface area contributed by atoms with Gasteiger partial charge < -0.3 is 5.32 Å². The van der Waals surface area contributed by atoms with Gasteiger partial charge in [-0.15, -0.1) is 0 Å². The molecule has 1 aliphatic heterocycles. The van der Waals surface area contributed by atoms with E-state index in [-0.39, 0.29) is 0 Å². The number of hydrogen-bond acceptors (Lipinski definition) is 5. The van der Waals surface area contributed by atoms with Gasteiger partial charge in [0.1, 0.15) is 0 Å². The Bertz CT molecular complexity index is 2530. The first-order valence-corrected chi connectivity index (χ1v) is 15.4. The predicted molar refractivity (Wildman–Crippen MR) is 189 cm³/mol. The van der Waals surface area contributed by atoms with E-state index in [2.05, 4.69) is 113 Å². The molecule has 46 heavy (non-hydrogen) atoms. The second-order valence-electron chi connectivity index (χ2n) is 11.5. The Hall–Kier alpha value is -6.20. The molecule has 8 aromatic rings. The van der Waals surface area contributed by atoms with Crippen molar-refractivity contribution in [3.8, 4) is 33.6 Å². The number of benzene rings is 4. The zero-order chi connectivity index (χ0) is 30.5. The van der Waals surface area contributed by atoms with Gasteiger partial charge in [-0.1, -0.05) is 78.9 Å². The normalized spacial score (nSPS) is 12.9. The van der Waals surface area contributed by atoms with Gasteiger partial charge in [0.15, 0.2) is 0 Å². The minimum atomic E-state index is 0.782. The van der Waals surface area contributed by atoms with E-state index in [1.54, 1.807) is 0 Å². The van der Waals surface area contributed by atoms with Crippen LogP contribution < -0.4 is 5.32 Å². The summed E-state index contributed by atoms with van der Waals surface area (Å²) in [7, 11) is 0. The van der Waals surface area contributed by atoms with E-state index in [0.29, 0.717) is 0 Å². The van der Waals surface area contributed by atoms with Gasteiger partial charge in [0.2, 0.25) is 0 Å². The zero-order valence-electron chi connectivity index (χ0n) is 24.9. The van der Waals surface area contributed by atoms with Crippen LogP contribution in [0.15, 0.2) is 146 Å². The van der Waals surface area contributed by atoms with E-state index in [4.69, 9.17) is 15.0 Å². The molecule has 9 rings (SSSR count). The van der Waals surface area contributed by atoms with Crippen LogP contribution in [0.25, 0.3) is 82.8 Å². The van der Waals surface area contributed by atoms with Crippen molar-refractivity contribution < 1.29 is 0 Å². The fourth-order valence-corrected chi connectivity index (χ4v) is 6.50. The first-order chi connectivity index (χ1) is 22.8. The maximum atomic E-state index is 5.09. The lowest BCUT2D eigenvalue weighted by Gasteiger charge is -2.15. The zero-order valence-corrected chi connectivity index (χ0v) is 24.9. The third kappa shape index (κ3) is 4.49. The molecule has 0 bridgehead atoms. The molecule has 0 amide bonds. The van der Waals surface area contributed by atoms with Crippen LogP contribution in [0.2, 0.25) is 0 Å². The SMILES string of the molecule is C1=CCNC(c2cc(-c3ccc4cc(-c5c6ccccc6nc6c5ccc5cccnc56)ccc4c3)cc(-c3ccccn3)n2)=C1. The summed E-state index contributed by atoms with van der Waals surface area (Å²) in [6, 6.07) is 40.5. The fourth-order valence-electron chi connectivity index (χ4n) is 6.50. The fraction of sp³-hybridized carbons (Fsp3) is 0.0244. The number of nitrogens with zero attached hydrogens (tertiary/aromatic N) is 4. The summed E-state index contributed by atoms with van der Waals surface area (Å²) in [5.74, 6) is 0. The van der Waals surface area contributed by atoms with E-state index < -0.39 is 0 Å². The molecule has 0 saturated heterocycles. The van der Waals surface area contributed by atoms with Crippen LogP contribution in [0, 0.1) is 0 Å². The van der Waals surface area contributed by atoms with Crippen LogP contribution in [0.3, 0.4) is 0 Å². The molecule has 1 N–H and O–H groups in total. The van der Waals surface area contributed by atoms with Gasteiger partial charge in [-0.25, -0.2) is 9.97 Å². The van der Waals surface area contributed by atoms with Crippen molar-refractivity contribution in [2.24, 2.45) is 0 Å². The molecule has 0 aliphatic carbocycles. The Labute approximate surface area is 265 Å². The van der Waals surface area contributed by atoms with Crippen molar-refractivity contribution in [2.45, 2.75) is 0 Å². The van der Waals surface area contributed by atoms with Gasteiger partial charge in [-0.05, 0) is 82.1 Å². The van der Waals surface area contributed by atoms with Crippen LogP contribution in [0.4, 0.5) is 0 Å². The summed E-state index contributed by atoms with van der Waals surface area (Å²) < 4.78 is 0. The van der Waals surface area contributed by atoms with Crippen molar-refractivity contribution in [1.29, 1.82) is 0 Å². The summed E-state index contributed by atoms with van der Waals surface area (Å²) in [5.41, 5.74) is 11.0. The Balaban J connectivity index is 1.19. The van der Waals surface area contributed by atoms with Crippen molar-refractivity contribution in [1.82, 2.24) is 25.3 Å². The van der Waals surface area contributed by atoms with Crippen molar-refractivity contribution in [3.05, 3.63) is 152 Å². The maximum Gasteiger partial charge on any atom is 0.0978 e. The Morgan fingerprint density at radius 2 is 1.33 bits per heavy atom. The molecule has 4 aromatic heterocycles. The molecule has 0 atom stereocenters. The maximum absolute atomic E-state index is 5.09. The molecular formula is C41H27N5. The summed E-state index contributed by atoms with van der Waals surface area (Å²) >= 11 is 0. The van der Waals surface area contributed by atoms with Crippen molar-refractivity contribution in [3.63, 3.8) is 0 Å². The lowest BCUT2D eigenvalue weighted by Crippen LogP contribution is -2.15. The molecule has 1 aliphatic rings. The van der Waals surface area contributed by atoms with E-state index in [9.17, 15) is 0 Å². The Kier molecular flexibility index (Phi) is 6.13. The molecule has 5 nitrogen and oxygen atoms in total. The molecule has 0 unspecified atom stereocenters. The number of fused-ring (bicyclic) bond motifs is 5. The highest BCUT2D eigenvalue weighted by atomic mass is 14.9. The number of rotatable bonds is 4. The van der Waals surface area contributed by atoms with Gasteiger partial charge in [0.25, 0.3) is 0 Å². The predicted octanol–water partition coefficient (Wildman–Crippen LogP) is 9.38. The average Bonchev–Trinajstić information content (AvgIpc) is 3.14. The monoisotopic (exact) mass is 589 g/mol. The molecule has 0 fully saturated rings.